The minimum Gasteiger partial charge on any atom is -0.494 e. The van der Waals surface area contributed by atoms with Crippen molar-refractivity contribution in [1.82, 2.24) is 15.2 Å². The first-order valence-corrected chi connectivity index (χ1v) is 13.5. The van der Waals surface area contributed by atoms with Gasteiger partial charge in [-0.3, -0.25) is 4.79 Å². The number of rotatable bonds is 7. The van der Waals surface area contributed by atoms with Crippen molar-refractivity contribution in [2.45, 2.75) is 63.1 Å². The second-order valence-corrected chi connectivity index (χ2v) is 11.1. The monoisotopic (exact) mass is 493 g/mol. The van der Waals surface area contributed by atoms with E-state index < -0.39 is 11.4 Å². The molecule has 3 aromatic rings. The second kappa shape index (κ2) is 9.08. The Morgan fingerprint density at radius 3 is 2.83 bits per heavy atom. The van der Waals surface area contributed by atoms with E-state index in [0.717, 1.165) is 49.2 Å². The maximum Gasteiger partial charge on any atom is 0.341 e. The fourth-order valence-corrected chi connectivity index (χ4v) is 7.01. The molecule has 2 unspecified atom stereocenters. The van der Waals surface area contributed by atoms with Gasteiger partial charge >= 0.3 is 5.97 Å². The Kier molecular flexibility index (Phi) is 5.90. The highest BCUT2D eigenvalue weighted by Crippen LogP contribution is 2.46. The molecule has 7 nitrogen and oxygen atoms in total. The van der Waals surface area contributed by atoms with Crippen LogP contribution in [0.5, 0.6) is 5.75 Å². The van der Waals surface area contributed by atoms with Crippen LogP contribution in [0.1, 0.15) is 71.4 Å². The van der Waals surface area contributed by atoms with E-state index in [9.17, 15) is 14.7 Å². The number of hydrogen-bond donors (Lipinski definition) is 3. The standard InChI is InChI=1S/C27H31N3O4S/c1-34-26-17(9-10-18-24(26)30(16-7-8-16)14-20(25(18)31)27(32)33)23-12-19-21(5-2-6-22(19)35-23)29-13-15-4-3-11-28-15/h9-10,12,14-16,21,28-29H,2-8,11,13H2,1H3,(H,32,33). The molecule has 2 fully saturated rings. The van der Waals surface area contributed by atoms with Gasteiger partial charge in [-0.05, 0) is 75.3 Å². The van der Waals surface area contributed by atoms with Crippen molar-refractivity contribution >= 4 is 28.2 Å². The van der Waals surface area contributed by atoms with Gasteiger partial charge in [0.1, 0.15) is 5.56 Å². The third-order valence-electron chi connectivity index (χ3n) is 7.67. The van der Waals surface area contributed by atoms with Crippen LogP contribution >= 0.6 is 11.3 Å². The van der Waals surface area contributed by atoms with Gasteiger partial charge in [0.05, 0.1) is 18.0 Å². The fourth-order valence-electron chi connectivity index (χ4n) is 5.73. The second-order valence-electron chi connectivity index (χ2n) is 9.99. The summed E-state index contributed by atoms with van der Waals surface area (Å²) in [4.78, 5) is 27.3. The van der Waals surface area contributed by atoms with Crippen LogP contribution in [0.2, 0.25) is 0 Å². The Hall–Kier alpha value is -2.68. The Balaban J connectivity index is 1.42. The lowest BCUT2D eigenvalue weighted by molar-refractivity contribution is 0.0695. The maximum atomic E-state index is 13.0. The number of methoxy groups -OCH3 is 1. The maximum absolute atomic E-state index is 13.0. The van der Waals surface area contributed by atoms with Gasteiger partial charge in [0.2, 0.25) is 5.43 Å². The van der Waals surface area contributed by atoms with Crippen molar-refractivity contribution < 1.29 is 14.6 Å². The molecule has 2 atom stereocenters. The Bertz CT molecular complexity index is 1350. The molecular weight excluding hydrogens is 462 g/mol. The predicted molar refractivity (Wildman–Crippen MR) is 138 cm³/mol. The van der Waals surface area contributed by atoms with Gasteiger partial charge in [0, 0.05) is 46.2 Å². The SMILES string of the molecule is COc1c(-c2cc3c(s2)CCCC3NCC2CCCN2)ccc2c(=O)c(C(=O)O)cn(C3CC3)c12. The first-order valence-electron chi connectivity index (χ1n) is 12.6. The van der Waals surface area contributed by atoms with E-state index in [4.69, 9.17) is 4.74 Å². The van der Waals surface area contributed by atoms with E-state index in [1.54, 1.807) is 13.2 Å². The number of aromatic nitrogens is 1. The Labute approximate surface area is 208 Å². The van der Waals surface area contributed by atoms with E-state index in [1.807, 2.05) is 22.0 Å². The zero-order valence-electron chi connectivity index (χ0n) is 19.9. The topological polar surface area (TPSA) is 92.6 Å². The lowest BCUT2D eigenvalue weighted by Gasteiger charge is -2.25. The number of carboxylic acid groups (broad SMARTS) is 1. The highest BCUT2D eigenvalue weighted by atomic mass is 32.1. The summed E-state index contributed by atoms with van der Waals surface area (Å²) in [5, 5.41) is 17.4. The zero-order valence-corrected chi connectivity index (χ0v) is 20.7. The first kappa shape index (κ1) is 22.8. The number of nitrogens with one attached hydrogen (secondary N) is 2. The average Bonchev–Trinajstić information content (AvgIpc) is 3.38. The normalized spacial score (nSPS) is 21.9. The summed E-state index contributed by atoms with van der Waals surface area (Å²) < 4.78 is 7.89. The molecule has 3 N–H and O–H groups in total. The average molecular weight is 494 g/mol. The number of benzene rings is 1. The predicted octanol–water partition coefficient (Wildman–Crippen LogP) is 4.49. The Morgan fingerprint density at radius 2 is 2.11 bits per heavy atom. The van der Waals surface area contributed by atoms with Gasteiger partial charge in [0.25, 0.3) is 0 Å². The lowest BCUT2D eigenvalue weighted by atomic mass is 9.93. The molecule has 2 aliphatic carbocycles. The molecule has 3 aliphatic rings. The van der Waals surface area contributed by atoms with Crippen LogP contribution in [0.25, 0.3) is 21.3 Å². The van der Waals surface area contributed by atoms with Crippen molar-refractivity contribution in [1.29, 1.82) is 0 Å². The highest BCUT2D eigenvalue weighted by molar-refractivity contribution is 7.15. The van der Waals surface area contributed by atoms with E-state index in [1.165, 1.54) is 35.9 Å². The molecule has 1 saturated heterocycles. The van der Waals surface area contributed by atoms with E-state index >= 15 is 0 Å². The molecule has 1 aromatic carbocycles. The van der Waals surface area contributed by atoms with E-state index in [-0.39, 0.29) is 11.6 Å². The molecule has 1 saturated carbocycles. The van der Waals surface area contributed by atoms with Gasteiger partial charge in [-0.2, -0.15) is 0 Å². The molecule has 0 radical (unpaired) electrons. The summed E-state index contributed by atoms with van der Waals surface area (Å²) in [5.74, 6) is -0.534. The molecule has 0 amide bonds. The molecule has 184 valence electrons. The molecule has 3 heterocycles. The number of aryl methyl sites for hydroxylation is 1. The summed E-state index contributed by atoms with van der Waals surface area (Å²) in [5.41, 5.74) is 2.42. The third kappa shape index (κ3) is 4.07. The van der Waals surface area contributed by atoms with Crippen LogP contribution in [-0.2, 0) is 6.42 Å². The van der Waals surface area contributed by atoms with Crippen LogP contribution in [-0.4, -0.2) is 41.9 Å². The number of hydrogen-bond acceptors (Lipinski definition) is 6. The van der Waals surface area contributed by atoms with Gasteiger partial charge in [-0.1, -0.05) is 0 Å². The number of pyridine rings is 1. The van der Waals surface area contributed by atoms with Crippen molar-refractivity contribution in [3.05, 3.63) is 50.6 Å². The molecule has 0 bridgehead atoms. The fraction of sp³-hybridized carbons (Fsp3) is 0.481. The smallest absolute Gasteiger partial charge is 0.341 e. The van der Waals surface area contributed by atoms with Crippen molar-refractivity contribution in [2.75, 3.05) is 20.2 Å². The van der Waals surface area contributed by atoms with E-state index in [2.05, 4.69) is 16.7 Å². The Morgan fingerprint density at radius 1 is 1.26 bits per heavy atom. The minimum atomic E-state index is -1.19. The van der Waals surface area contributed by atoms with Gasteiger partial charge in [0.15, 0.2) is 5.75 Å². The third-order valence-corrected chi connectivity index (χ3v) is 8.92. The number of fused-ring (bicyclic) bond motifs is 2. The van der Waals surface area contributed by atoms with Gasteiger partial charge in [-0.25, -0.2) is 4.79 Å². The summed E-state index contributed by atoms with van der Waals surface area (Å²) in [7, 11) is 1.64. The lowest BCUT2D eigenvalue weighted by Crippen LogP contribution is -2.36. The number of carboxylic acids is 1. The van der Waals surface area contributed by atoms with Crippen LogP contribution in [0.4, 0.5) is 0 Å². The summed E-state index contributed by atoms with van der Waals surface area (Å²) >= 11 is 1.81. The highest BCUT2D eigenvalue weighted by Gasteiger charge is 2.30. The molecule has 35 heavy (non-hydrogen) atoms. The molecule has 2 aromatic heterocycles. The van der Waals surface area contributed by atoms with Crippen molar-refractivity contribution in [3.8, 4) is 16.2 Å². The first-order chi connectivity index (χ1) is 17.0. The molecule has 0 spiro atoms. The van der Waals surface area contributed by atoms with E-state index in [0.29, 0.717) is 28.7 Å². The summed E-state index contributed by atoms with van der Waals surface area (Å²) in [6, 6.07) is 7.13. The molecule has 8 heteroatoms. The van der Waals surface area contributed by atoms with Crippen LogP contribution in [0.15, 0.2) is 29.2 Å². The van der Waals surface area contributed by atoms with Crippen LogP contribution in [0.3, 0.4) is 0 Å². The van der Waals surface area contributed by atoms with Crippen molar-refractivity contribution in [2.24, 2.45) is 0 Å². The number of carbonyl (C=O) groups is 1. The zero-order chi connectivity index (χ0) is 24.1. The number of thiophene rings is 1. The summed E-state index contributed by atoms with van der Waals surface area (Å²) in [6.45, 7) is 2.11. The summed E-state index contributed by atoms with van der Waals surface area (Å²) in [6.07, 6.45) is 9.36. The molecule has 6 rings (SSSR count). The van der Waals surface area contributed by atoms with Crippen molar-refractivity contribution in [3.63, 3.8) is 0 Å². The number of ether oxygens (including phenoxy) is 1. The van der Waals surface area contributed by atoms with Gasteiger partial charge in [-0.15, -0.1) is 11.3 Å². The molecular formula is C27H31N3O4S. The largest absolute Gasteiger partial charge is 0.494 e. The quantitative estimate of drug-likeness (QED) is 0.449. The van der Waals surface area contributed by atoms with Gasteiger partial charge < -0.3 is 25.0 Å². The number of nitrogens with zero attached hydrogens (tertiary/aromatic N) is 1. The van der Waals surface area contributed by atoms with Crippen LogP contribution in [0, 0.1) is 0 Å². The van der Waals surface area contributed by atoms with Crippen LogP contribution < -0.4 is 20.8 Å². The molecule has 1 aliphatic heterocycles. The minimum absolute atomic E-state index is 0.184. The number of aromatic carboxylic acids is 1.